The molecule has 0 aliphatic carbocycles. The van der Waals surface area contributed by atoms with Gasteiger partial charge < -0.3 is 23.9 Å². The first-order valence-electron chi connectivity index (χ1n) is 11.2. The molecule has 5 rings (SSSR count). The first-order valence-corrected chi connectivity index (χ1v) is 12.0. The summed E-state index contributed by atoms with van der Waals surface area (Å²) in [6, 6.07) is 16.2. The van der Waals surface area contributed by atoms with Crippen molar-refractivity contribution in [2.45, 2.75) is 25.4 Å². The molecule has 3 heterocycles. The Kier molecular flexibility index (Phi) is 6.09. The number of nitrogens with zero attached hydrogens (tertiary/aromatic N) is 1. The van der Waals surface area contributed by atoms with Gasteiger partial charge in [0.1, 0.15) is 29.8 Å². The highest BCUT2D eigenvalue weighted by molar-refractivity contribution is 7.19. The Morgan fingerprint density at radius 2 is 2.00 bits per heavy atom. The molecule has 0 saturated carbocycles. The van der Waals surface area contributed by atoms with Gasteiger partial charge in [0.05, 0.1) is 18.8 Å². The monoisotopic (exact) mass is 451 g/mol. The van der Waals surface area contributed by atoms with E-state index < -0.39 is 6.10 Å². The molecule has 2 aromatic carbocycles. The molecule has 0 amide bonds. The van der Waals surface area contributed by atoms with Crippen LogP contribution in [0.1, 0.15) is 24.1 Å². The van der Waals surface area contributed by atoms with E-state index in [0.717, 1.165) is 42.0 Å². The second kappa shape index (κ2) is 9.14. The number of aliphatic hydroxyl groups excluding tert-OH is 1. The molecule has 1 aliphatic heterocycles. The summed E-state index contributed by atoms with van der Waals surface area (Å²) in [7, 11) is 1.73. The lowest BCUT2D eigenvalue weighted by Gasteiger charge is -2.37. The summed E-state index contributed by atoms with van der Waals surface area (Å²) < 4.78 is 18.2. The number of thiophene rings is 1. The minimum atomic E-state index is -0.533. The number of fused-ring (bicyclic) bond motifs is 2. The van der Waals surface area contributed by atoms with E-state index >= 15 is 0 Å². The zero-order valence-corrected chi connectivity index (χ0v) is 19.3. The lowest BCUT2D eigenvalue weighted by Crippen LogP contribution is -2.43. The van der Waals surface area contributed by atoms with E-state index in [1.54, 1.807) is 13.4 Å². The summed E-state index contributed by atoms with van der Waals surface area (Å²) in [5.41, 5.74) is 0.798. The molecule has 1 saturated heterocycles. The molecule has 5 nitrogen and oxygen atoms in total. The van der Waals surface area contributed by atoms with Crippen LogP contribution in [0.3, 0.4) is 0 Å². The zero-order valence-electron chi connectivity index (χ0n) is 18.5. The Labute approximate surface area is 192 Å². The molecule has 1 fully saturated rings. The average molecular weight is 452 g/mol. The Balaban J connectivity index is 1.18. The molecule has 1 aliphatic rings. The molecular formula is C26H29NO4S. The number of β-amino-alcohol motifs (C(OH)–C–C–N with tert-alkyl or cyclic N) is 1. The molecule has 0 spiro atoms. The number of methoxy groups -OCH3 is 1. The summed E-state index contributed by atoms with van der Waals surface area (Å²) in [6.45, 7) is 5.17. The number of benzene rings is 2. The van der Waals surface area contributed by atoms with Crippen LogP contribution in [0.5, 0.6) is 11.5 Å². The third-order valence-electron chi connectivity index (χ3n) is 6.47. The van der Waals surface area contributed by atoms with Crippen LogP contribution in [0.2, 0.25) is 0 Å². The summed E-state index contributed by atoms with van der Waals surface area (Å²) in [6.07, 6.45) is 2.22. The number of hydrogen-bond acceptors (Lipinski definition) is 6. The van der Waals surface area contributed by atoms with E-state index in [9.17, 15) is 5.11 Å². The van der Waals surface area contributed by atoms with E-state index in [1.165, 1.54) is 15.0 Å². The van der Waals surface area contributed by atoms with Gasteiger partial charge in [-0.3, -0.25) is 0 Å². The highest BCUT2D eigenvalue weighted by Crippen LogP contribution is 2.41. The van der Waals surface area contributed by atoms with Gasteiger partial charge in [0.15, 0.2) is 0 Å². The molecule has 3 atom stereocenters. The molecule has 1 N–H and O–H groups in total. The fourth-order valence-corrected chi connectivity index (χ4v) is 6.21. The Morgan fingerprint density at radius 1 is 1.16 bits per heavy atom. The Morgan fingerprint density at radius 3 is 2.84 bits per heavy atom. The predicted octanol–water partition coefficient (Wildman–Crippen LogP) is 5.52. The topological polar surface area (TPSA) is 55.1 Å². The quantitative estimate of drug-likeness (QED) is 0.401. The summed E-state index contributed by atoms with van der Waals surface area (Å²) >= 11 is 1.88. The number of rotatable bonds is 7. The van der Waals surface area contributed by atoms with Crippen molar-refractivity contribution >= 4 is 32.4 Å². The maximum atomic E-state index is 10.6. The summed E-state index contributed by atoms with van der Waals surface area (Å²) in [5.74, 6) is 2.77. The third-order valence-corrected chi connectivity index (χ3v) is 7.70. The molecule has 4 aromatic rings. The van der Waals surface area contributed by atoms with Gasteiger partial charge >= 0.3 is 0 Å². The van der Waals surface area contributed by atoms with Gasteiger partial charge in [0, 0.05) is 28.1 Å². The first-order chi connectivity index (χ1) is 15.6. The molecule has 0 unspecified atom stereocenters. The molecule has 2 aromatic heterocycles. The van der Waals surface area contributed by atoms with Gasteiger partial charge in [-0.15, -0.1) is 11.3 Å². The first kappa shape index (κ1) is 21.3. The van der Waals surface area contributed by atoms with Crippen LogP contribution in [-0.2, 0) is 0 Å². The minimum Gasteiger partial charge on any atom is -0.496 e. The second-order valence-electron chi connectivity index (χ2n) is 8.71. The molecule has 6 heteroatoms. The Hall–Kier alpha value is -2.54. The zero-order chi connectivity index (χ0) is 22.1. The lowest BCUT2D eigenvalue weighted by atomic mass is 9.85. The van der Waals surface area contributed by atoms with Gasteiger partial charge in [-0.05, 0) is 61.2 Å². The molecule has 0 radical (unpaired) electrons. The van der Waals surface area contributed by atoms with Gasteiger partial charge in [0.25, 0.3) is 0 Å². The molecular weight excluding hydrogens is 422 g/mol. The maximum Gasteiger partial charge on any atom is 0.137 e. The fraction of sp³-hybridized carbons (Fsp3) is 0.385. The van der Waals surface area contributed by atoms with Crippen LogP contribution in [0.25, 0.3) is 21.1 Å². The second-order valence-corrected chi connectivity index (χ2v) is 9.82. The summed E-state index contributed by atoms with van der Waals surface area (Å²) in [4.78, 5) is 3.80. The highest BCUT2D eigenvalue weighted by atomic mass is 32.1. The summed E-state index contributed by atoms with van der Waals surface area (Å²) in [5, 5.41) is 12.8. The Bertz CT molecular complexity index is 1200. The van der Waals surface area contributed by atoms with Crippen LogP contribution in [0, 0.1) is 5.92 Å². The third kappa shape index (κ3) is 4.22. The van der Waals surface area contributed by atoms with Gasteiger partial charge in [-0.2, -0.15) is 0 Å². The number of likely N-dealkylation sites (tertiary alicyclic amines) is 1. The van der Waals surface area contributed by atoms with Crippen molar-refractivity contribution in [1.82, 2.24) is 4.90 Å². The van der Waals surface area contributed by atoms with Crippen molar-refractivity contribution in [2.24, 2.45) is 5.92 Å². The van der Waals surface area contributed by atoms with Crippen molar-refractivity contribution in [1.29, 1.82) is 0 Å². The average Bonchev–Trinajstić information content (AvgIpc) is 3.44. The van der Waals surface area contributed by atoms with Gasteiger partial charge in [0.2, 0.25) is 0 Å². The van der Waals surface area contributed by atoms with Crippen molar-refractivity contribution in [3.63, 3.8) is 0 Å². The molecule has 32 heavy (non-hydrogen) atoms. The van der Waals surface area contributed by atoms with Crippen LogP contribution < -0.4 is 9.47 Å². The normalized spacial score (nSPS) is 20.6. The van der Waals surface area contributed by atoms with Crippen molar-refractivity contribution < 1.29 is 19.0 Å². The van der Waals surface area contributed by atoms with Crippen LogP contribution in [-0.4, -0.2) is 49.5 Å². The van der Waals surface area contributed by atoms with E-state index in [4.69, 9.17) is 13.9 Å². The standard InChI is InChI=1S/C26H29NO4S/c1-17-14-27(15-18(28)16-31-24-7-3-6-23-20(24)10-12-30-23)11-9-19(17)26-13-21-22(29-2)5-4-8-25(21)32-26/h3-8,10,12-13,17-19,28H,9,11,14-16H2,1-2H3/t17-,18-,19+/m0/s1. The molecule has 168 valence electrons. The fourth-order valence-electron chi connectivity index (χ4n) is 4.86. The number of furan rings is 1. The van der Waals surface area contributed by atoms with Gasteiger partial charge in [-0.1, -0.05) is 19.1 Å². The SMILES string of the molecule is COc1cccc2sc([C@@H]3CCN(C[C@H](O)COc4cccc5occc45)C[C@@H]3C)cc12. The highest BCUT2D eigenvalue weighted by Gasteiger charge is 2.29. The van der Waals surface area contributed by atoms with Crippen molar-refractivity contribution in [2.75, 3.05) is 33.4 Å². The van der Waals surface area contributed by atoms with Gasteiger partial charge in [-0.25, -0.2) is 0 Å². The number of aliphatic hydroxyl groups is 1. The largest absolute Gasteiger partial charge is 0.496 e. The number of ether oxygens (including phenoxy) is 2. The van der Waals surface area contributed by atoms with E-state index in [-0.39, 0.29) is 6.61 Å². The van der Waals surface area contributed by atoms with E-state index in [2.05, 4.69) is 30.0 Å². The smallest absolute Gasteiger partial charge is 0.137 e. The van der Waals surface area contributed by atoms with Crippen LogP contribution >= 0.6 is 11.3 Å². The predicted molar refractivity (Wildman–Crippen MR) is 129 cm³/mol. The van der Waals surface area contributed by atoms with Crippen LogP contribution in [0.4, 0.5) is 0 Å². The maximum absolute atomic E-state index is 10.6. The number of piperidine rings is 1. The molecule has 0 bridgehead atoms. The van der Waals surface area contributed by atoms with E-state index in [1.807, 2.05) is 41.7 Å². The van der Waals surface area contributed by atoms with Crippen LogP contribution in [0.15, 0.2) is 59.2 Å². The van der Waals surface area contributed by atoms with Crippen molar-refractivity contribution in [3.05, 3.63) is 59.7 Å². The van der Waals surface area contributed by atoms with Crippen molar-refractivity contribution in [3.8, 4) is 11.5 Å². The lowest BCUT2D eigenvalue weighted by molar-refractivity contribution is 0.0502. The minimum absolute atomic E-state index is 0.273. The number of hydrogen-bond donors (Lipinski definition) is 1. The van der Waals surface area contributed by atoms with E-state index in [0.29, 0.717) is 18.4 Å².